The highest BCUT2D eigenvalue weighted by molar-refractivity contribution is 7.93. The zero-order valence-electron chi connectivity index (χ0n) is 8.55. The minimum Gasteiger partial charge on any atom is -0.0843 e. The van der Waals surface area contributed by atoms with E-state index < -0.39 is 0 Å². The van der Waals surface area contributed by atoms with Gasteiger partial charge in [-0.2, -0.15) is 0 Å². The van der Waals surface area contributed by atoms with Crippen LogP contribution in [0.3, 0.4) is 0 Å². The SMILES string of the molecule is Clc1ccccc1.S=C=S.c1ccccc1. The molecule has 82 valence electrons. The van der Waals surface area contributed by atoms with Crippen molar-refractivity contribution in [1.29, 1.82) is 0 Å². The molecule has 2 rings (SSSR count). The maximum Gasteiger partial charge on any atom is 0.0405 e. The molecule has 0 fully saturated rings. The summed E-state index contributed by atoms with van der Waals surface area (Å²) in [7, 11) is 0. The van der Waals surface area contributed by atoms with Gasteiger partial charge in [0.05, 0.1) is 0 Å². The zero-order valence-corrected chi connectivity index (χ0v) is 10.9. The van der Waals surface area contributed by atoms with Crippen LogP contribution in [0.2, 0.25) is 5.02 Å². The van der Waals surface area contributed by atoms with E-state index in [1.54, 1.807) is 0 Å². The first kappa shape index (κ1) is 14.9. The fourth-order valence-electron chi connectivity index (χ4n) is 0.800. The van der Waals surface area contributed by atoms with E-state index >= 15 is 0 Å². The van der Waals surface area contributed by atoms with Crippen LogP contribution in [0, 0.1) is 0 Å². The van der Waals surface area contributed by atoms with Gasteiger partial charge in [-0.25, -0.2) is 0 Å². The summed E-state index contributed by atoms with van der Waals surface area (Å²) >= 11 is 13.5. The van der Waals surface area contributed by atoms with Gasteiger partial charge in [-0.15, -0.1) is 0 Å². The molecule has 0 heterocycles. The molecule has 0 radical (unpaired) electrons. The molecule has 0 aliphatic carbocycles. The van der Waals surface area contributed by atoms with Crippen molar-refractivity contribution < 1.29 is 0 Å². The highest BCUT2D eigenvalue weighted by Crippen LogP contribution is 2.03. The Hall–Kier alpha value is -1.05. The fourth-order valence-corrected chi connectivity index (χ4v) is 0.945. The number of rotatable bonds is 0. The second kappa shape index (κ2) is 12.0. The minimum absolute atomic E-state index is 0.794. The van der Waals surface area contributed by atoms with Crippen molar-refractivity contribution in [2.75, 3.05) is 0 Å². The molecule has 3 heteroatoms. The summed E-state index contributed by atoms with van der Waals surface area (Å²) in [6.45, 7) is 0. The molecule has 0 nitrogen and oxygen atoms in total. The molecular formula is C13H11ClS2. The second-order valence-corrected chi connectivity index (χ2v) is 3.64. The van der Waals surface area contributed by atoms with E-state index in [2.05, 4.69) is 24.4 Å². The van der Waals surface area contributed by atoms with Crippen molar-refractivity contribution in [3.05, 3.63) is 71.8 Å². The minimum atomic E-state index is 0.794. The molecule has 0 atom stereocenters. The van der Waals surface area contributed by atoms with Gasteiger partial charge in [-0.05, 0) is 36.6 Å². The maximum absolute atomic E-state index is 5.54. The van der Waals surface area contributed by atoms with E-state index in [1.807, 2.05) is 71.0 Å². The van der Waals surface area contributed by atoms with Crippen LogP contribution in [0.15, 0.2) is 66.7 Å². The van der Waals surface area contributed by atoms with Crippen molar-refractivity contribution in [2.45, 2.75) is 0 Å². The van der Waals surface area contributed by atoms with Gasteiger partial charge in [0.2, 0.25) is 0 Å². The summed E-state index contributed by atoms with van der Waals surface area (Å²) in [6.07, 6.45) is 0. The lowest BCUT2D eigenvalue weighted by Crippen LogP contribution is -1.55. The predicted octanol–water partition coefficient (Wildman–Crippen LogP) is 5.04. The van der Waals surface area contributed by atoms with Crippen molar-refractivity contribution >= 4 is 40.4 Å². The lowest BCUT2D eigenvalue weighted by Gasteiger charge is -1.80. The first-order valence-electron chi connectivity index (χ1n) is 4.51. The van der Waals surface area contributed by atoms with Crippen LogP contribution in [0.1, 0.15) is 0 Å². The topological polar surface area (TPSA) is 0 Å². The van der Waals surface area contributed by atoms with Crippen LogP contribution in [-0.4, -0.2) is 4.31 Å². The summed E-state index contributed by atoms with van der Waals surface area (Å²) in [6, 6.07) is 21.4. The van der Waals surface area contributed by atoms with Crippen molar-refractivity contribution in [3.8, 4) is 0 Å². The number of halogens is 1. The lowest BCUT2D eigenvalue weighted by atomic mass is 10.4. The van der Waals surface area contributed by atoms with Gasteiger partial charge >= 0.3 is 0 Å². The molecule has 0 unspecified atom stereocenters. The molecule has 0 N–H and O–H groups in total. The highest BCUT2D eigenvalue weighted by Gasteiger charge is 1.74. The Morgan fingerprint density at radius 1 is 0.688 bits per heavy atom. The third-order valence-corrected chi connectivity index (χ3v) is 1.65. The summed E-state index contributed by atoms with van der Waals surface area (Å²) in [4.78, 5) is 0. The summed E-state index contributed by atoms with van der Waals surface area (Å²) in [5, 5.41) is 0.794. The van der Waals surface area contributed by atoms with Gasteiger partial charge in [-0.3, -0.25) is 0 Å². The first-order chi connectivity index (χ1) is 7.81. The number of thiocarbonyl (C=S) groups is 2. The van der Waals surface area contributed by atoms with Crippen LogP contribution in [0.4, 0.5) is 0 Å². The Balaban J connectivity index is 0.000000230. The Bertz CT molecular complexity index is 354. The Morgan fingerprint density at radius 3 is 1.12 bits per heavy atom. The smallest absolute Gasteiger partial charge is 0.0405 e. The third-order valence-electron chi connectivity index (χ3n) is 1.40. The van der Waals surface area contributed by atoms with Crippen molar-refractivity contribution in [2.24, 2.45) is 0 Å². The molecule has 0 saturated heterocycles. The largest absolute Gasteiger partial charge is 0.0843 e. The molecule has 0 saturated carbocycles. The van der Waals surface area contributed by atoms with E-state index in [4.69, 9.17) is 11.6 Å². The van der Waals surface area contributed by atoms with E-state index in [0.717, 1.165) is 5.02 Å². The fraction of sp³-hybridized carbons (Fsp3) is 0. The van der Waals surface area contributed by atoms with Crippen LogP contribution < -0.4 is 0 Å². The van der Waals surface area contributed by atoms with Gasteiger partial charge in [0.25, 0.3) is 0 Å². The zero-order chi connectivity index (χ0) is 12.1. The van der Waals surface area contributed by atoms with Gasteiger partial charge in [0, 0.05) is 9.34 Å². The molecule has 0 aliphatic heterocycles. The first-order valence-corrected chi connectivity index (χ1v) is 5.70. The third kappa shape index (κ3) is 11.0. The van der Waals surface area contributed by atoms with E-state index in [0.29, 0.717) is 0 Å². The average Bonchev–Trinajstić information content (AvgIpc) is 2.34. The van der Waals surface area contributed by atoms with Gasteiger partial charge in [-0.1, -0.05) is 66.2 Å². The maximum atomic E-state index is 5.54. The van der Waals surface area contributed by atoms with Crippen LogP contribution in [0.5, 0.6) is 0 Å². The molecule has 0 bridgehead atoms. The molecular weight excluding hydrogens is 256 g/mol. The van der Waals surface area contributed by atoms with Crippen molar-refractivity contribution in [3.63, 3.8) is 0 Å². The molecule has 0 spiro atoms. The molecule has 2 aromatic carbocycles. The van der Waals surface area contributed by atoms with Crippen LogP contribution in [0.25, 0.3) is 0 Å². The van der Waals surface area contributed by atoms with Crippen molar-refractivity contribution in [1.82, 2.24) is 0 Å². The Labute approximate surface area is 112 Å². The van der Waals surface area contributed by atoms with Gasteiger partial charge < -0.3 is 0 Å². The predicted molar refractivity (Wildman–Crippen MR) is 78.1 cm³/mol. The Morgan fingerprint density at radius 2 is 0.938 bits per heavy atom. The molecule has 0 aliphatic rings. The number of hydrogen-bond acceptors (Lipinski definition) is 2. The Kier molecular flexibility index (Phi) is 11.2. The van der Waals surface area contributed by atoms with E-state index in [1.165, 1.54) is 0 Å². The summed E-state index contributed by atoms with van der Waals surface area (Å²) in [5.74, 6) is 0. The monoisotopic (exact) mass is 266 g/mol. The van der Waals surface area contributed by atoms with E-state index in [9.17, 15) is 0 Å². The molecule has 0 amide bonds. The lowest BCUT2D eigenvalue weighted by molar-refractivity contribution is 1.71. The van der Waals surface area contributed by atoms with Crippen LogP contribution >= 0.6 is 36.0 Å². The number of hydrogen-bond donors (Lipinski definition) is 0. The molecule has 2 aromatic rings. The van der Waals surface area contributed by atoms with Gasteiger partial charge in [0.1, 0.15) is 0 Å². The summed E-state index contributed by atoms with van der Waals surface area (Å²) < 4.78 is 1.92. The highest BCUT2D eigenvalue weighted by atomic mass is 35.5. The average molecular weight is 267 g/mol. The normalized spacial score (nSPS) is 7.31. The standard InChI is InChI=1S/C6H5Cl.C6H6.CS2/c7-6-4-2-1-3-5-6;1-2-4-6-5-3-1;2-1-3/h1-5H;1-6H;. The summed E-state index contributed by atoms with van der Waals surface area (Å²) in [5.41, 5.74) is 0. The van der Waals surface area contributed by atoms with Crippen LogP contribution in [-0.2, 0) is 0 Å². The molecule has 0 aromatic heterocycles. The second-order valence-electron chi connectivity index (χ2n) is 2.53. The van der Waals surface area contributed by atoms with Gasteiger partial charge in [0.15, 0.2) is 0 Å². The molecule has 16 heavy (non-hydrogen) atoms. The number of benzene rings is 2. The van der Waals surface area contributed by atoms with E-state index in [-0.39, 0.29) is 0 Å². The quantitative estimate of drug-likeness (QED) is 0.613.